The third-order valence-corrected chi connectivity index (χ3v) is 3.08. The van der Waals surface area contributed by atoms with Gasteiger partial charge in [0.2, 0.25) is 5.91 Å². The molecular weight excluding hydrogens is 224 g/mol. The lowest BCUT2D eigenvalue weighted by molar-refractivity contribution is -0.116. The van der Waals surface area contributed by atoms with Crippen molar-refractivity contribution in [2.24, 2.45) is 5.92 Å². The first kappa shape index (κ1) is 11.3. The summed E-state index contributed by atoms with van der Waals surface area (Å²) < 4.78 is 0. The van der Waals surface area contributed by atoms with Crippen LogP contribution in [0.3, 0.4) is 0 Å². The van der Waals surface area contributed by atoms with Crippen LogP contribution >= 0.6 is 11.6 Å². The first-order valence-corrected chi connectivity index (χ1v) is 5.79. The van der Waals surface area contributed by atoms with Crippen LogP contribution in [0.25, 0.3) is 0 Å². The summed E-state index contributed by atoms with van der Waals surface area (Å²) in [4.78, 5) is 13.3. The van der Waals surface area contributed by atoms with Gasteiger partial charge in [0.25, 0.3) is 0 Å². The zero-order valence-corrected chi connectivity index (χ0v) is 10.00. The van der Waals surface area contributed by atoms with E-state index in [2.05, 4.69) is 0 Å². The van der Waals surface area contributed by atoms with Gasteiger partial charge in [0.15, 0.2) is 0 Å². The number of carbonyl (C=O) groups excluding carboxylic acids is 1. The fourth-order valence-corrected chi connectivity index (χ4v) is 1.99. The van der Waals surface area contributed by atoms with E-state index in [9.17, 15) is 4.79 Å². The number of nitrogens with zero attached hydrogens (tertiary/aromatic N) is 1. The van der Waals surface area contributed by atoms with Crippen LogP contribution in [-0.4, -0.2) is 12.5 Å². The number of hydrogen-bond acceptors (Lipinski definition) is 2. The highest BCUT2D eigenvalue weighted by Crippen LogP contribution is 2.34. The van der Waals surface area contributed by atoms with Crippen molar-refractivity contribution in [3.8, 4) is 0 Å². The minimum atomic E-state index is 0.0265. The molecule has 1 aromatic rings. The van der Waals surface area contributed by atoms with E-state index in [-0.39, 0.29) is 5.91 Å². The summed E-state index contributed by atoms with van der Waals surface area (Å²) >= 11 is 6.10. The monoisotopic (exact) mass is 238 g/mol. The van der Waals surface area contributed by atoms with Crippen LogP contribution in [0.15, 0.2) is 18.2 Å². The molecule has 1 amide bonds. The SMILES string of the molecule is CC(=O)N(CC1CC1)c1ccc(N)cc1Cl. The van der Waals surface area contributed by atoms with E-state index in [0.717, 1.165) is 12.2 Å². The van der Waals surface area contributed by atoms with Crippen molar-refractivity contribution < 1.29 is 4.79 Å². The zero-order valence-electron chi connectivity index (χ0n) is 9.24. The lowest BCUT2D eigenvalue weighted by Gasteiger charge is -2.22. The number of carbonyl (C=O) groups is 1. The zero-order chi connectivity index (χ0) is 11.7. The van der Waals surface area contributed by atoms with E-state index in [0.29, 0.717) is 16.6 Å². The van der Waals surface area contributed by atoms with Gasteiger partial charge in [-0.15, -0.1) is 0 Å². The fraction of sp³-hybridized carbons (Fsp3) is 0.417. The van der Waals surface area contributed by atoms with Crippen molar-refractivity contribution in [1.82, 2.24) is 0 Å². The summed E-state index contributed by atoms with van der Waals surface area (Å²) in [5.41, 5.74) is 7.00. The Balaban J connectivity index is 2.26. The summed E-state index contributed by atoms with van der Waals surface area (Å²) in [5, 5.41) is 0.538. The molecule has 0 heterocycles. The van der Waals surface area contributed by atoms with E-state index >= 15 is 0 Å². The van der Waals surface area contributed by atoms with Gasteiger partial charge in [0.1, 0.15) is 0 Å². The van der Waals surface area contributed by atoms with Gasteiger partial charge in [-0.1, -0.05) is 11.6 Å². The second kappa shape index (κ2) is 4.34. The molecule has 1 aromatic carbocycles. The molecule has 0 atom stereocenters. The molecule has 0 aromatic heterocycles. The van der Waals surface area contributed by atoms with Crippen LogP contribution in [0.1, 0.15) is 19.8 Å². The topological polar surface area (TPSA) is 46.3 Å². The first-order valence-electron chi connectivity index (χ1n) is 5.41. The van der Waals surface area contributed by atoms with E-state index in [4.69, 9.17) is 17.3 Å². The molecule has 0 saturated heterocycles. The van der Waals surface area contributed by atoms with Crippen LogP contribution in [0.2, 0.25) is 5.02 Å². The highest BCUT2D eigenvalue weighted by molar-refractivity contribution is 6.34. The lowest BCUT2D eigenvalue weighted by Crippen LogP contribution is -2.30. The highest BCUT2D eigenvalue weighted by Gasteiger charge is 2.27. The van der Waals surface area contributed by atoms with Crippen molar-refractivity contribution in [3.05, 3.63) is 23.2 Å². The summed E-state index contributed by atoms with van der Waals surface area (Å²) in [5.74, 6) is 0.663. The molecule has 0 aliphatic heterocycles. The molecule has 0 bridgehead atoms. The smallest absolute Gasteiger partial charge is 0.223 e. The van der Waals surface area contributed by atoms with Gasteiger partial charge in [-0.05, 0) is 37.0 Å². The first-order chi connectivity index (χ1) is 7.58. The molecule has 86 valence electrons. The molecular formula is C12H15ClN2O. The predicted octanol–water partition coefficient (Wildman–Crippen LogP) is 2.69. The molecule has 0 spiro atoms. The van der Waals surface area contributed by atoms with Crippen molar-refractivity contribution >= 4 is 28.9 Å². The molecule has 2 rings (SSSR count). The summed E-state index contributed by atoms with van der Waals surface area (Å²) in [6.45, 7) is 2.33. The number of hydrogen-bond donors (Lipinski definition) is 1. The number of amides is 1. The minimum Gasteiger partial charge on any atom is -0.399 e. The summed E-state index contributed by atoms with van der Waals surface area (Å²) in [6.07, 6.45) is 2.41. The van der Waals surface area contributed by atoms with Crippen LogP contribution in [0.5, 0.6) is 0 Å². The molecule has 4 heteroatoms. The Hall–Kier alpha value is -1.22. The molecule has 0 unspecified atom stereocenters. The van der Waals surface area contributed by atoms with E-state index in [1.165, 1.54) is 12.8 Å². The average molecular weight is 239 g/mol. The number of anilines is 2. The Labute approximate surface area is 100 Å². The maximum atomic E-state index is 11.6. The van der Waals surface area contributed by atoms with E-state index in [1.807, 2.05) is 0 Å². The van der Waals surface area contributed by atoms with Crippen LogP contribution in [-0.2, 0) is 4.79 Å². The number of halogens is 1. The Morgan fingerprint density at radius 3 is 2.75 bits per heavy atom. The molecule has 16 heavy (non-hydrogen) atoms. The van der Waals surface area contributed by atoms with Crippen molar-refractivity contribution in [3.63, 3.8) is 0 Å². The molecule has 0 radical (unpaired) electrons. The van der Waals surface area contributed by atoms with Crippen molar-refractivity contribution in [1.29, 1.82) is 0 Å². The molecule has 1 aliphatic rings. The average Bonchev–Trinajstić information content (AvgIpc) is 2.98. The standard InChI is InChI=1S/C12H15ClN2O/c1-8(16)15(7-9-2-3-9)12-5-4-10(14)6-11(12)13/h4-6,9H,2-3,7,14H2,1H3. The second-order valence-electron chi connectivity index (χ2n) is 4.28. The Bertz CT molecular complexity index is 415. The minimum absolute atomic E-state index is 0.0265. The molecule has 1 saturated carbocycles. The van der Waals surface area contributed by atoms with Gasteiger partial charge in [0.05, 0.1) is 10.7 Å². The van der Waals surface area contributed by atoms with Gasteiger partial charge in [0, 0.05) is 19.2 Å². The van der Waals surface area contributed by atoms with Crippen molar-refractivity contribution in [2.45, 2.75) is 19.8 Å². The largest absolute Gasteiger partial charge is 0.399 e. The van der Waals surface area contributed by atoms with Gasteiger partial charge in [-0.2, -0.15) is 0 Å². The van der Waals surface area contributed by atoms with Crippen LogP contribution < -0.4 is 10.6 Å². The predicted molar refractivity (Wildman–Crippen MR) is 66.6 cm³/mol. The summed E-state index contributed by atoms with van der Waals surface area (Å²) in [6, 6.07) is 5.26. The van der Waals surface area contributed by atoms with Gasteiger partial charge in [-0.25, -0.2) is 0 Å². The molecule has 3 nitrogen and oxygen atoms in total. The Morgan fingerprint density at radius 2 is 2.25 bits per heavy atom. The van der Waals surface area contributed by atoms with Gasteiger partial charge in [-0.3, -0.25) is 4.79 Å². The van der Waals surface area contributed by atoms with Crippen LogP contribution in [0, 0.1) is 5.92 Å². The fourth-order valence-electron chi connectivity index (χ4n) is 1.70. The number of nitrogens with two attached hydrogens (primary N) is 1. The second-order valence-corrected chi connectivity index (χ2v) is 4.69. The Kier molecular flexibility index (Phi) is 3.06. The maximum absolute atomic E-state index is 11.6. The van der Waals surface area contributed by atoms with E-state index in [1.54, 1.807) is 30.0 Å². The molecule has 1 fully saturated rings. The number of rotatable bonds is 3. The summed E-state index contributed by atoms with van der Waals surface area (Å²) in [7, 11) is 0. The highest BCUT2D eigenvalue weighted by atomic mass is 35.5. The third-order valence-electron chi connectivity index (χ3n) is 2.78. The van der Waals surface area contributed by atoms with Gasteiger partial charge >= 0.3 is 0 Å². The number of benzene rings is 1. The Morgan fingerprint density at radius 1 is 1.56 bits per heavy atom. The lowest BCUT2D eigenvalue weighted by atomic mass is 10.2. The number of nitrogen functional groups attached to an aromatic ring is 1. The maximum Gasteiger partial charge on any atom is 0.223 e. The normalized spacial score (nSPS) is 14.9. The van der Waals surface area contributed by atoms with E-state index < -0.39 is 0 Å². The quantitative estimate of drug-likeness (QED) is 0.823. The van der Waals surface area contributed by atoms with Crippen LogP contribution in [0.4, 0.5) is 11.4 Å². The molecule has 1 aliphatic carbocycles. The van der Waals surface area contributed by atoms with Crippen molar-refractivity contribution in [2.75, 3.05) is 17.2 Å². The molecule has 2 N–H and O–H groups in total. The van der Waals surface area contributed by atoms with Gasteiger partial charge < -0.3 is 10.6 Å². The third kappa shape index (κ3) is 2.47.